The molecule has 10 heteroatoms. The van der Waals surface area contributed by atoms with Crippen molar-refractivity contribution in [1.29, 1.82) is 0 Å². The number of methoxy groups -OCH3 is 1. The van der Waals surface area contributed by atoms with Crippen LogP contribution in [-0.4, -0.2) is 53.7 Å². The molecule has 8 nitrogen and oxygen atoms in total. The first kappa shape index (κ1) is 24.8. The highest BCUT2D eigenvalue weighted by Gasteiger charge is 2.43. The van der Waals surface area contributed by atoms with Crippen LogP contribution in [0.2, 0.25) is 10.0 Å². The van der Waals surface area contributed by atoms with Gasteiger partial charge in [-0.25, -0.2) is 4.99 Å². The van der Waals surface area contributed by atoms with Crippen LogP contribution in [-0.2, 0) is 20.9 Å². The van der Waals surface area contributed by atoms with Gasteiger partial charge < -0.3 is 24.0 Å². The maximum absolute atomic E-state index is 11.4. The number of likely N-dealkylation sites (tertiary alicyclic amines) is 1. The minimum atomic E-state index is -0.881. The average Bonchev–Trinajstić information content (AvgIpc) is 3.35. The zero-order chi connectivity index (χ0) is 25.7. The van der Waals surface area contributed by atoms with Crippen molar-refractivity contribution in [2.75, 3.05) is 20.2 Å². The van der Waals surface area contributed by atoms with E-state index in [-0.39, 0.29) is 6.10 Å². The maximum Gasteiger partial charge on any atom is 0.312 e. The molecule has 37 heavy (non-hydrogen) atoms. The Morgan fingerprint density at radius 3 is 2.51 bits per heavy atom. The summed E-state index contributed by atoms with van der Waals surface area (Å²) in [6, 6.07) is 5.44. The zero-order valence-corrected chi connectivity index (χ0v) is 22.0. The Hall–Kier alpha value is -2.55. The molecule has 196 valence electrons. The number of rotatable bonds is 8. The molecule has 0 bridgehead atoms. The quantitative estimate of drug-likeness (QED) is 0.451. The highest BCUT2D eigenvalue weighted by molar-refractivity contribution is 6.39. The van der Waals surface area contributed by atoms with Gasteiger partial charge in [-0.05, 0) is 49.7 Å². The van der Waals surface area contributed by atoms with Crippen molar-refractivity contribution < 1.29 is 23.9 Å². The van der Waals surface area contributed by atoms with E-state index in [0.717, 1.165) is 55.9 Å². The summed E-state index contributed by atoms with van der Waals surface area (Å²) in [5.74, 6) is 2.16. The zero-order valence-electron chi connectivity index (χ0n) is 20.5. The van der Waals surface area contributed by atoms with E-state index in [0.29, 0.717) is 57.8 Å². The van der Waals surface area contributed by atoms with Gasteiger partial charge in [-0.1, -0.05) is 34.4 Å². The Kier molecular flexibility index (Phi) is 6.67. The molecule has 2 aromatic rings. The van der Waals surface area contributed by atoms with Crippen molar-refractivity contribution >= 4 is 35.4 Å². The molecule has 0 amide bonds. The van der Waals surface area contributed by atoms with Crippen LogP contribution < -0.4 is 0 Å². The molecular formula is C27H29Cl2N3O5. The standard InChI is InChI=1S/C27H29Cl2N3O5/c1-35-22-9-15(27(33)34)10-30-26(22)32-11-16-7-18(8-17(16)12-32)36-13-19-24(31-37-25(19)14-5-6-14)23-20(28)3-2-4-21(23)29/h2-4,10,14-18H,5-9,11-13H2,1H3,(H,33,34)/t15?,16-,17+,18?. The number of carboxylic acid groups (broad SMARTS) is 1. The van der Waals surface area contributed by atoms with E-state index in [1.807, 2.05) is 18.2 Å². The SMILES string of the molecule is COC1=C(N2C[C@H]3CC(OCc4c(-c5c(Cl)cccc5Cl)noc4C4CC4)C[C@H]3C2)N=CC(C(=O)O)C1. The lowest BCUT2D eigenvalue weighted by molar-refractivity contribution is -0.139. The van der Waals surface area contributed by atoms with E-state index in [2.05, 4.69) is 15.0 Å². The molecule has 4 aliphatic rings. The smallest absolute Gasteiger partial charge is 0.312 e. The lowest BCUT2D eigenvalue weighted by Crippen LogP contribution is -2.28. The van der Waals surface area contributed by atoms with Gasteiger partial charge in [0.05, 0.1) is 35.8 Å². The van der Waals surface area contributed by atoms with Gasteiger partial charge in [-0.3, -0.25) is 4.79 Å². The summed E-state index contributed by atoms with van der Waals surface area (Å²) in [7, 11) is 1.58. The van der Waals surface area contributed by atoms with Crippen LogP contribution in [0, 0.1) is 17.8 Å². The molecular weight excluding hydrogens is 517 g/mol. The minimum Gasteiger partial charge on any atom is -0.497 e. The molecule has 4 atom stereocenters. The fourth-order valence-electron chi connectivity index (χ4n) is 5.96. The second-order valence-electron chi connectivity index (χ2n) is 10.5. The van der Waals surface area contributed by atoms with Crippen LogP contribution in [0.3, 0.4) is 0 Å². The number of carboxylic acids is 1. The lowest BCUT2D eigenvalue weighted by atomic mass is 10.0. The number of hydrogen-bond donors (Lipinski definition) is 1. The second-order valence-corrected chi connectivity index (χ2v) is 11.3. The normalized spacial score (nSPS) is 27.2. The van der Waals surface area contributed by atoms with Gasteiger partial charge in [-0.15, -0.1) is 0 Å². The van der Waals surface area contributed by atoms with Crippen molar-refractivity contribution in [3.63, 3.8) is 0 Å². The topological polar surface area (TPSA) is 97.4 Å². The van der Waals surface area contributed by atoms with Gasteiger partial charge in [0.15, 0.2) is 5.82 Å². The third-order valence-electron chi connectivity index (χ3n) is 8.03. The number of hydrogen-bond acceptors (Lipinski definition) is 7. The van der Waals surface area contributed by atoms with Crippen LogP contribution in [0.4, 0.5) is 0 Å². The van der Waals surface area contributed by atoms with Crippen LogP contribution in [0.1, 0.15) is 49.3 Å². The van der Waals surface area contributed by atoms with Crippen molar-refractivity contribution in [2.24, 2.45) is 22.7 Å². The Labute approximate surface area is 225 Å². The highest BCUT2D eigenvalue weighted by atomic mass is 35.5. The molecule has 3 fully saturated rings. The minimum absolute atomic E-state index is 0.149. The van der Waals surface area contributed by atoms with E-state index in [1.54, 1.807) is 7.11 Å². The van der Waals surface area contributed by atoms with Crippen LogP contribution >= 0.6 is 23.2 Å². The predicted molar refractivity (Wildman–Crippen MR) is 139 cm³/mol. The third-order valence-corrected chi connectivity index (χ3v) is 8.66. The molecule has 1 aromatic carbocycles. The fraction of sp³-hybridized carbons (Fsp3) is 0.519. The molecule has 1 N–H and O–H groups in total. The third kappa shape index (κ3) is 4.75. The lowest BCUT2D eigenvalue weighted by Gasteiger charge is -2.26. The number of ether oxygens (including phenoxy) is 2. The van der Waals surface area contributed by atoms with Gasteiger partial charge in [0, 0.05) is 42.8 Å². The van der Waals surface area contributed by atoms with Crippen molar-refractivity contribution in [2.45, 2.75) is 50.7 Å². The van der Waals surface area contributed by atoms with Crippen molar-refractivity contribution in [3.05, 3.63) is 51.1 Å². The van der Waals surface area contributed by atoms with Gasteiger partial charge in [-0.2, -0.15) is 0 Å². The molecule has 0 spiro atoms. The Morgan fingerprint density at radius 1 is 1.19 bits per heavy atom. The molecule has 2 aliphatic heterocycles. The average molecular weight is 546 g/mol. The number of aliphatic imine (C=N–C) groups is 1. The second kappa shape index (κ2) is 9.97. The van der Waals surface area contributed by atoms with Crippen molar-refractivity contribution in [3.8, 4) is 11.3 Å². The number of aromatic nitrogens is 1. The summed E-state index contributed by atoms with van der Waals surface area (Å²) >= 11 is 13.0. The van der Waals surface area contributed by atoms with Crippen molar-refractivity contribution in [1.82, 2.24) is 10.1 Å². The summed E-state index contributed by atoms with van der Waals surface area (Å²) in [6.45, 7) is 2.14. The molecule has 0 radical (unpaired) electrons. The first-order valence-corrected chi connectivity index (χ1v) is 13.5. The van der Waals surface area contributed by atoms with Gasteiger partial charge in [0.1, 0.15) is 17.2 Å². The monoisotopic (exact) mass is 545 g/mol. The van der Waals surface area contributed by atoms with E-state index in [1.165, 1.54) is 6.21 Å². The Balaban J connectivity index is 1.12. The summed E-state index contributed by atoms with van der Waals surface area (Å²) < 4.78 is 17.8. The number of allylic oxidation sites excluding steroid dienone is 1. The summed E-state index contributed by atoms with van der Waals surface area (Å²) in [5.41, 5.74) is 2.32. The number of carbonyl (C=O) groups is 1. The largest absolute Gasteiger partial charge is 0.497 e. The number of fused-ring (bicyclic) bond motifs is 1. The molecule has 3 heterocycles. The molecule has 2 unspecified atom stereocenters. The number of benzene rings is 1. The molecule has 1 saturated heterocycles. The molecule has 2 saturated carbocycles. The van der Waals surface area contributed by atoms with Gasteiger partial charge in [0.25, 0.3) is 0 Å². The van der Waals surface area contributed by atoms with Gasteiger partial charge >= 0.3 is 5.97 Å². The fourth-order valence-corrected chi connectivity index (χ4v) is 6.54. The number of nitrogens with zero attached hydrogens (tertiary/aromatic N) is 3. The first-order chi connectivity index (χ1) is 17.9. The Morgan fingerprint density at radius 2 is 1.89 bits per heavy atom. The number of halogens is 2. The Bertz CT molecular complexity index is 1240. The maximum atomic E-state index is 11.4. The summed E-state index contributed by atoms with van der Waals surface area (Å²) in [4.78, 5) is 18.1. The predicted octanol–water partition coefficient (Wildman–Crippen LogP) is 5.74. The van der Waals surface area contributed by atoms with Crippen LogP contribution in [0.25, 0.3) is 11.3 Å². The molecule has 2 aliphatic carbocycles. The van der Waals surface area contributed by atoms with Gasteiger partial charge in [0.2, 0.25) is 0 Å². The van der Waals surface area contributed by atoms with E-state index >= 15 is 0 Å². The van der Waals surface area contributed by atoms with E-state index < -0.39 is 11.9 Å². The summed E-state index contributed by atoms with van der Waals surface area (Å²) in [5, 5.41) is 14.8. The van der Waals surface area contributed by atoms with E-state index in [9.17, 15) is 9.90 Å². The first-order valence-electron chi connectivity index (χ1n) is 12.8. The molecule has 6 rings (SSSR count). The number of aliphatic carboxylic acids is 1. The summed E-state index contributed by atoms with van der Waals surface area (Å²) in [6.07, 6.45) is 6.12. The van der Waals surface area contributed by atoms with E-state index in [4.69, 9.17) is 37.2 Å². The highest BCUT2D eigenvalue weighted by Crippen LogP contribution is 2.47. The van der Waals surface area contributed by atoms with Crippen LogP contribution in [0.15, 0.2) is 39.3 Å². The molecule has 1 aromatic heterocycles. The van der Waals surface area contributed by atoms with Crippen LogP contribution in [0.5, 0.6) is 0 Å².